The first kappa shape index (κ1) is 21.4. The molecule has 0 heterocycles. The van der Waals surface area contributed by atoms with Gasteiger partial charge in [0.1, 0.15) is 5.82 Å². The minimum atomic E-state index is -0.514. The lowest BCUT2D eigenvalue weighted by molar-refractivity contribution is 0.0600. The lowest BCUT2D eigenvalue weighted by Crippen LogP contribution is -2.21. The zero-order valence-corrected chi connectivity index (χ0v) is 17.0. The topological polar surface area (TPSA) is 68.8 Å². The molecule has 0 unspecified atom stereocenters. The van der Waals surface area contributed by atoms with E-state index in [-0.39, 0.29) is 16.5 Å². The number of anilines is 2. The van der Waals surface area contributed by atoms with Crippen LogP contribution in [0.15, 0.2) is 30.3 Å². The van der Waals surface area contributed by atoms with E-state index in [0.29, 0.717) is 41.7 Å². The van der Waals surface area contributed by atoms with Crippen LogP contribution in [0.3, 0.4) is 0 Å². The van der Waals surface area contributed by atoms with Crippen molar-refractivity contribution in [1.82, 2.24) is 0 Å². The van der Waals surface area contributed by atoms with Gasteiger partial charge in [0, 0.05) is 5.69 Å². The van der Waals surface area contributed by atoms with Gasteiger partial charge in [-0.15, -0.1) is 0 Å². The van der Waals surface area contributed by atoms with E-state index in [4.69, 9.17) is 26.4 Å². The van der Waals surface area contributed by atoms with Gasteiger partial charge in [-0.3, -0.25) is 0 Å². The van der Waals surface area contributed by atoms with E-state index in [2.05, 4.69) is 10.6 Å². The standard InChI is InChI=1S/C20H23FN2O4S/c1-5-26-17-11-13(19(24)25-4)10-16(18(17)27-6-2)23-20(28)22-15-8-7-14(21)9-12(15)3/h7-11H,5-6H2,1-4H3,(H2,22,23,28). The Morgan fingerprint density at radius 3 is 2.36 bits per heavy atom. The van der Waals surface area contributed by atoms with Crippen LogP contribution in [0.5, 0.6) is 11.5 Å². The van der Waals surface area contributed by atoms with E-state index in [1.165, 1.54) is 19.2 Å². The zero-order valence-electron chi connectivity index (χ0n) is 16.2. The summed E-state index contributed by atoms with van der Waals surface area (Å²) in [7, 11) is 1.30. The highest BCUT2D eigenvalue weighted by molar-refractivity contribution is 7.80. The van der Waals surface area contributed by atoms with Crippen molar-refractivity contribution in [2.24, 2.45) is 0 Å². The molecule has 0 fully saturated rings. The number of rotatable bonds is 7. The molecule has 0 amide bonds. The monoisotopic (exact) mass is 406 g/mol. The second-order valence-corrected chi connectivity index (χ2v) is 6.16. The molecular weight excluding hydrogens is 383 g/mol. The molecule has 0 spiro atoms. The molecule has 0 bridgehead atoms. The summed E-state index contributed by atoms with van der Waals surface area (Å²) < 4.78 is 29.4. The molecule has 0 aliphatic rings. The number of aryl methyl sites for hydroxylation is 1. The fourth-order valence-electron chi connectivity index (χ4n) is 2.53. The quantitative estimate of drug-likeness (QED) is 0.517. The van der Waals surface area contributed by atoms with Crippen molar-refractivity contribution in [3.63, 3.8) is 0 Å². The highest BCUT2D eigenvalue weighted by Crippen LogP contribution is 2.37. The Hall–Kier alpha value is -2.87. The molecule has 8 heteroatoms. The van der Waals surface area contributed by atoms with E-state index >= 15 is 0 Å². The first-order chi connectivity index (χ1) is 13.4. The van der Waals surface area contributed by atoms with Gasteiger partial charge >= 0.3 is 5.97 Å². The summed E-state index contributed by atoms with van der Waals surface area (Å²) in [4.78, 5) is 12.0. The van der Waals surface area contributed by atoms with Gasteiger partial charge in [0.05, 0.1) is 31.6 Å². The number of esters is 1. The molecule has 0 aliphatic heterocycles. The van der Waals surface area contributed by atoms with E-state index in [1.807, 2.05) is 13.8 Å². The van der Waals surface area contributed by atoms with Crippen LogP contribution >= 0.6 is 12.2 Å². The highest BCUT2D eigenvalue weighted by Gasteiger charge is 2.18. The maximum absolute atomic E-state index is 13.3. The van der Waals surface area contributed by atoms with Crippen molar-refractivity contribution < 1.29 is 23.4 Å². The Morgan fingerprint density at radius 2 is 1.75 bits per heavy atom. The Bertz CT molecular complexity index is 874. The number of benzene rings is 2. The fraction of sp³-hybridized carbons (Fsp3) is 0.300. The fourth-order valence-corrected chi connectivity index (χ4v) is 2.75. The van der Waals surface area contributed by atoms with Crippen LogP contribution in [0.25, 0.3) is 0 Å². The molecule has 2 N–H and O–H groups in total. The number of ether oxygens (including phenoxy) is 3. The lowest BCUT2D eigenvalue weighted by atomic mass is 10.1. The Morgan fingerprint density at radius 1 is 1.07 bits per heavy atom. The predicted molar refractivity (Wildman–Crippen MR) is 111 cm³/mol. The Kier molecular flexibility index (Phi) is 7.57. The highest BCUT2D eigenvalue weighted by atomic mass is 32.1. The van der Waals surface area contributed by atoms with Crippen LogP contribution < -0.4 is 20.1 Å². The summed E-state index contributed by atoms with van der Waals surface area (Å²) in [6.45, 7) is 6.22. The van der Waals surface area contributed by atoms with Crippen LogP contribution in [0.1, 0.15) is 29.8 Å². The lowest BCUT2D eigenvalue weighted by Gasteiger charge is -2.19. The van der Waals surface area contributed by atoms with Crippen LogP contribution in [0, 0.1) is 12.7 Å². The second kappa shape index (κ2) is 9.89. The normalized spacial score (nSPS) is 10.2. The van der Waals surface area contributed by atoms with Gasteiger partial charge in [0.25, 0.3) is 0 Å². The van der Waals surface area contributed by atoms with Gasteiger partial charge in [-0.05, 0) is 68.9 Å². The summed E-state index contributed by atoms with van der Waals surface area (Å²) in [5.41, 5.74) is 2.10. The maximum atomic E-state index is 13.3. The van der Waals surface area contributed by atoms with Crippen LogP contribution in [0.4, 0.5) is 15.8 Å². The molecule has 0 aliphatic carbocycles. The number of hydrogen-bond donors (Lipinski definition) is 2. The van der Waals surface area contributed by atoms with E-state index in [9.17, 15) is 9.18 Å². The zero-order chi connectivity index (χ0) is 20.7. The van der Waals surface area contributed by atoms with Gasteiger partial charge < -0.3 is 24.8 Å². The van der Waals surface area contributed by atoms with Crippen molar-refractivity contribution in [3.05, 3.63) is 47.3 Å². The van der Waals surface area contributed by atoms with Crippen molar-refractivity contribution in [3.8, 4) is 11.5 Å². The smallest absolute Gasteiger partial charge is 0.338 e. The predicted octanol–water partition coefficient (Wildman–Crippen LogP) is 4.53. The van der Waals surface area contributed by atoms with Crippen molar-refractivity contribution in [2.75, 3.05) is 31.0 Å². The number of nitrogens with one attached hydrogen (secondary N) is 2. The molecule has 0 saturated heterocycles. The summed E-state index contributed by atoms with van der Waals surface area (Å²) in [5.74, 6) is -0.0134. The third kappa shape index (κ3) is 5.32. The average Bonchev–Trinajstić information content (AvgIpc) is 2.66. The molecule has 150 valence electrons. The molecule has 2 aromatic rings. The summed E-state index contributed by atoms with van der Waals surface area (Å²) in [6, 6.07) is 7.48. The average molecular weight is 406 g/mol. The largest absolute Gasteiger partial charge is 0.490 e. The summed E-state index contributed by atoms with van der Waals surface area (Å²) in [6.07, 6.45) is 0. The molecule has 0 saturated carbocycles. The molecule has 2 aromatic carbocycles. The van der Waals surface area contributed by atoms with Crippen molar-refractivity contribution >= 4 is 34.7 Å². The Labute approximate surface area is 169 Å². The molecule has 0 atom stereocenters. The first-order valence-electron chi connectivity index (χ1n) is 8.75. The van der Waals surface area contributed by atoms with Crippen LogP contribution in [-0.2, 0) is 4.74 Å². The molecule has 2 rings (SSSR count). The minimum absolute atomic E-state index is 0.250. The first-order valence-corrected chi connectivity index (χ1v) is 9.16. The number of carbonyl (C=O) groups is 1. The van der Waals surface area contributed by atoms with Gasteiger partial charge in [0.2, 0.25) is 0 Å². The van der Waals surface area contributed by atoms with E-state index in [1.54, 1.807) is 25.1 Å². The third-order valence-electron chi connectivity index (χ3n) is 3.75. The van der Waals surface area contributed by atoms with Crippen molar-refractivity contribution in [2.45, 2.75) is 20.8 Å². The number of methoxy groups -OCH3 is 1. The molecule has 6 nitrogen and oxygen atoms in total. The summed E-state index contributed by atoms with van der Waals surface area (Å²) in [5, 5.41) is 6.28. The molecule has 0 radical (unpaired) electrons. The van der Waals surface area contributed by atoms with Gasteiger partial charge in [0.15, 0.2) is 16.6 Å². The second-order valence-electron chi connectivity index (χ2n) is 5.75. The summed E-state index contributed by atoms with van der Waals surface area (Å²) >= 11 is 5.37. The SMILES string of the molecule is CCOc1cc(C(=O)OC)cc(NC(=S)Nc2ccc(F)cc2C)c1OCC. The van der Waals surface area contributed by atoms with E-state index < -0.39 is 5.97 Å². The number of carbonyl (C=O) groups excluding carboxylic acids is 1. The van der Waals surface area contributed by atoms with Gasteiger partial charge in [-0.2, -0.15) is 0 Å². The van der Waals surface area contributed by atoms with Gasteiger partial charge in [-0.25, -0.2) is 9.18 Å². The maximum Gasteiger partial charge on any atom is 0.338 e. The van der Waals surface area contributed by atoms with Crippen molar-refractivity contribution in [1.29, 1.82) is 0 Å². The number of thiocarbonyl (C=S) groups is 1. The van der Waals surface area contributed by atoms with E-state index in [0.717, 1.165) is 0 Å². The number of halogens is 1. The molecular formula is C20H23FN2O4S. The Balaban J connectivity index is 2.36. The van der Waals surface area contributed by atoms with Crippen LogP contribution in [0.2, 0.25) is 0 Å². The van der Waals surface area contributed by atoms with Crippen LogP contribution in [-0.4, -0.2) is 31.4 Å². The number of hydrogen-bond acceptors (Lipinski definition) is 5. The molecule has 0 aromatic heterocycles. The third-order valence-corrected chi connectivity index (χ3v) is 3.95. The molecule has 28 heavy (non-hydrogen) atoms. The minimum Gasteiger partial charge on any atom is -0.490 e. The van der Waals surface area contributed by atoms with Gasteiger partial charge in [-0.1, -0.05) is 0 Å².